The van der Waals surface area contributed by atoms with Crippen LogP contribution in [0.1, 0.15) is 27.5 Å². The third-order valence-electron chi connectivity index (χ3n) is 3.48. The fourth-order valence-electron chi connectivity index (χ4n) is 2.52. The summed E-state index contributed by atoms with van der Waals surface area (Å²) in [5.41, 5.74) is 2.47. The van der Waals surface area contributed by atoms with E-state index in [2.05, 4.69) is 10.3 Å². The van der Waals surface area contributed by atoms with Gasteiger partial charge in [0.1, 0.15) is 5.15 Å². The van der Waals surface area contributed by atoms with Gasteiger partial charge in [0.25, 0.3) is 5.91 Å². The minimum atomic E-state index is -0.603. The Morgan fingerprint density at radius 1 is 1.35 bits per heavy atom. The van der Waals surface area contributed by atoms with Crippen LogP contribution in [-0.4, -0.2) is 22.1 Å². The van der Waals surface area contributed by atoms with Crippen LogP contribution in [0.5, 0.6) is 0 Å². The molecule has 0 bridgehead atoms. The number of benzene rings is 1. The first kappa shape index (κ1) is 13.1. The predicted molar refractivity (Wildman–Crippen MR) is 75.6 cm³/mol. The van der Waals surface area contributed by atoms with Crippen LogP contribution >= 0.6 is 11.6 Å². The van der Waals surface area contributed by atoms with Gasteiger partial charge in [0.05, 0.1) is 12.1 Å². The second kappa shape index (κ2) is 5.23. The molecular weight excluding hydrogens is 276 g/mol. The number of hydrogen-bond donors (Lipinski definition) is 2. The molecule has 4 nitrogen and oxygen atoms in total. The first-order valence-corrected chi connectivity index (χ1v) is 6.71. The van der Waals surface area contributed by atoms with Crippen molar-refractivity contribution in [3.63, 3.8) is 0 Å². The van der Waals surface area contributed by atoms with Gasteiger partial charge in [-0.1, -0.05) is 35.9 Å². The molecule has 0 saturated heterocycles. The van der Waals surface area contributed by atoms with Crippen molar-refractivity contribution in [3.8, 4) is 0 Å². The van der Waals surface area contributed by atoms with Crippen molar-refractivity contribution < 1.29 is 9.90 Å². The zero-order valence-electron chi connectivity index (χ0n) is 10.6. The Bertz CT molecular complexity index is 660. The minimum absolute atomic E-state index is 0.268. The van der Waals surface area contributed by atoms with Crippen molar-refractivity contribution in [1.82, 2.24) is 10.3 Å². The Morgan fingerprint density at radius 3 is 2.95 bits per heavy atom. The highest BCUT2D eigenvalue weighted by Crippen LogP contribution is 2.31. The minimum Gasteiger partial charge on any atom is -0.390 e. The number of hydrogen-bond acceptors (Lipinski definition) is 3. The highest BCUT2D eigenvalue weighted by atomic mass is 35.5. The summed E-state index contributed by atoms with van der Waals surface area (Å²) in [6.07, 6.45) is 1.43. The molecule has 0 saturated carbocycles. The number of nitrogens with zero attached hydrogens (tertiary/aromatic N) is 1. The van der Waals surface area contributed by atoms with Crippen molar-refractivity contribution in [2.24, 2.45) is 0 Å². The largest absolute Gasteiger partial charge is 0.390 e. The fraction of sp³-hybridized carbons (Fsp3) is 0.200. The number of nitrogens with one attached hydrogen (secondary N) is 1. The predicted octanol–water partition coefficient (Wildman–Crippen LogP) is 2.12. The lowest BCUT2D eigenvalue weighted by Crippen LogP contribution is -2.33. The van der Waals surface area contributed by atoms with Gasteiger partial charge in [0, 0.05) is 18.2 Å². The summed E-state index contributed by atoms with van der Waals surface area (Å²) in [4.78, 5) is 16.0. The van der Waals surface area contributed by atoms with Gasteiger partial charge in [0.15, 0.2) is 0 Å². The van der Waals surface area contributed by atoms with Crippen molar-refractivity contribution in [2.45, 2.75) is 18.6 Å². The van der Waals surface area contributed by atoms with E-state index in [1.165, 1.54) is 12.3 Å². The second-order valence-electron chi connectivity index (χ2n) is 4.79. The van der Waals surface area contributed by atoms with Crippen LogP contribution in [-0.2, 0) is 6.42 Å². The van der Waals surface area contributed by atoms with E-state index in [9.17, 15) is 9.90 Å². The van der Waals surface area contributed by atoms with Gasteiger partial charge < -0.3 is 10.4 Å². The van der Waals surface area contributed by atoms with Crippen molar-refractivity contribution in [1.29, 1.82) is 0 Å². The molecule has 3 rings (SSSR count). The van der Waals surface area contributed by atoms with E-state index in [0.29, 0.717) is 12.0 Å². The van der Waals surface area contributed by atoms with Crippen LogP contribution < -0.4 is 5.32 Å². The number of aliphatic hydroxyl groups excluding tert-OH is 1. The van der Waals surface area contributed by atoms with E-state index in [1.807, 2.05) is 24.3 Å². The molecule has 1 aliphatic carbocycles. The van der Waals surface area contributed by atoms with Gasteiger partial charge in [-0.05, 0) is 23.3 Å². The average Bonchev–Trinajstić information content (AvgIpc) is 2.75. The van der Waals surface area contributed by atoms with Crippen LogP contribution in [0.25, 0.3) is 0 Å². The first-order valence-electron chi connectivity index (χ1n) is 6.33. The molecule has 1 heterocycles. The number of pyridine rings is 1. The molecule has 1 aromatic carbocycles. The maximum Gasteiger partial charge on any atom is 0.252 e. The number of carbonyl (C=O) groups excluding carboxylic acids is 1. The lowest BCUT2D eigenvalue weighted by atomic mass is 10.1. The second-order valence-corrected chi connectivity index (χ2v) is 5.18. The Labute approximate surface area is 121 Å². The highest BCUT2D eigenvalue weighted by Gasteiger charge is 2.32. The lowest BCUT2D eigenvalue weighted by Gasteiger charge is -2.18. The Hall–Kier alpha value is -1.91. The number of halogens is 1. The van der Waals surface area contributed by atoms with Gasteiger partial charge in [-0.3, -0.25) is 4.79 Å². The SMILES string of the molecule is O=C(N[C@H]1c2ccccc2C[C@@H]1O)c1ccnc(Cl)c1. The summed E-state index contributed by atoms with van der Waals surface area (Å²) in [7, 11) is 0. The molecule has 102 valence electrons. The standard InChI is InChI=1S/C15H13ClN2O2/c16-13-8-10(5-6-17-13)15(20)18-14-11-4-2-1-3-9(11)7-12(14)19/h1-6,8,12,14,19H,7H2,(H,18,20)/t12-,14-/m0/s1. The van der Waals surface area contributed by atoms with Crippen LogP contribution in [0.2, 0.25) is 5.15 Å². The average molecular weight is 289 g/mol. The summed E-state index contributed by atoms with van der Waals surface area (Å²) in [5.74, 6) is -0.268. The molecule has 2 N–H and O–H groups in total. The van der Waals surface area contributed by atoms with Crippen LogP contribution in [0.15, 0.2) is 42.6 Å². The van der Waals surface area contributed by atoms with Crippen LogP contribution in [0, 0.1) is 0 Å². The molecule has 0 fully saturated rings. The fourth-order valence-corrected chi connectivity index (χ4v) is 2.69. The topological polar surface area (TPSA) is 62.2 Å². The maximum absolute atomic E-state index is 12.2. The van der Waals surface area contributed by atoms with Gasteiger partial charge in [-0.2, -0.15) is 0 Å². The van der Waals surface area contributed by atoms with Crippen LogP contribution in [0.3, 0.4) is 0 Å². The summed E-state index contributed by atoms with van der Waals surface area (Å²) < 4.78 is 0. The van der Waals surface area contributed by atoms with Gasteiger partial charge in [-0.15, -0.1) is 0 Å². The Kier molecular flexibility index (Phi) is 3.42. The number of carbonyl (C=O) groups is 1. The molecule has 20 heavy (non-hydrogen) atoms. The smallest absolute Gasteiger partial charge is 0.252 e. The summed E-state index contributed by atoms with van der Waals surface area (Å²) in [6.45, 7) is 0. The molecule has 1 aliphatic rings. The van der Waals surface area contributed by atoms with Crippen molar-refractivity contribution in [3.05, 3.63) is 64.4 Å². The monoisotopic (exact) mass is 288 g/mol. The summed E-state index contributed by atoms with van der Waals surface area (Å²) >= 11 is 5.77. The zero-order valence-corrected chi connectivity index (χ0v) is 11.3. The summed E-state index contributed by atoms with van der Waals surface area (Å²) in [5, 5.41) is 13.2. The molecule has 0 aliphatic heterocycles. The molecular formula is C15H13ClN2O2. The quantitative estimate of drug-likeness (QED) is 0.832. The third kappa shape index (κ3) is 2.40. The van der Waals surface area contributed by atoms with E-state index in [0.717, 1.165) is 11.1 Å². The number of amides is 1. The maximum atomic E-state index is 12.2. The molecule has 5 heteroatoms. The van der Waals surface area contributed by atoms with E-state index < -0.39 is 6.10 Å². The lowest BCUT2D eigenvalue weighted by molar-refractivity contribution is 0.0858. The highest BCUT2D eigenvalue weighted by molar-refractivity contribution is 6.29. The van der Waals surface area contributed by atoms with Crippen LogP contribution in [0.4, 0.5) is 0 Å². The molecule has 1 amide bonds. The molecule has 0 spiro atoms. The molecule has 0 radical (unpaired) electrons. The number of aromatic nitrogens is 1. The Morgan fingerprint density at radius 2 is 2.15 bits per heavy atom. The third-order valence-corrected chi connectivity index (χ3v) is 3.69. The molecule has 2 aromatic rings. The molecule has 0 unspecified atom stereocenters. The van der Waals surface area contributed by atoms with Gasteiger partial charge in [0.2, 0.25) is 0 Å². The summed E-state index contributed by atoms with van der Waals surface area (Å²) in [6, 6.07) is 10.4. The number of rotatable bonds is 2. The van der Waals surface area contributed by atoms with E-state index >= 15 is 0 Å². The van der Waals surface area contributed by atoms with Gasteiger partial charge in [-0.25, -0.2) is 4.98 Å². The van der Waals surface area contributed by atoms with E-state index in [-0.39, 0.29) is 17.1 Å². The van der Waals surface area contributed by atoms with Crippen molar-refractivity contribution >= 4 is 17.5 Å². The van der Waals surface area contributed by atoms with Crippen molar-refractivity contribution in [2.75, 3.05) is 0 Å². The first-order chi connectivity index (χ1) is 9.65. The van der Waals surface area contributed by atoms with E-state index in [4.69, 9.17) is 11.6 Å². The Balaban J connectivity index is 1.83. The number of aliphatic hydroxyl groups is 1. The number of fused-ring (bicyclic) bond motifs is 1. The molecule has 2 atom stereocenters. The van der Waals surface area contributed by atoms with E-state index in [1.54, 1.807) is 6.07 Å². The normalized spacial score (nSPS) is 20.5. The molecule has 1 aromatic heterocycles. The van der Waals surface area contributed by atoms with Gasteiger partial charge >= 0.3 is 0 Å². The zero-order chi connectivity index (χ0) is 14.1.